The van der Waals surface area contributed by atoms with Gasteiger partial charge in [-0.3, -0.25) is 4.79 Å². The van der Waals surface area contributed by atoms with Crippen molar-refractivity contribution in [3.05, 3.63) is 12.2 Å². The fraction of sp³-hybridized carbons (Fsp3) is 0.750. The molecular formula is C12H20N4O. The first-order chi connectivity index (χ1) is 8.16. The van der Waals surface area contributed by atoms with Crippen molar-refractivity contribution < 1.29 is 4.79 Å². The first kappa shape index (κ1) is 12.1. The molecular weight excluding hydrogens is 216 g/mol. The number of piperidine rings is 1. The number of carbonyl (C=O) groups is 1. The Bertz CT molecular complexity index is 386. The summed E-state index contributed by atoms with van der Waals surface area (Å²) in [5, 5.41) is 7.13. The molecule has 0 radical (unpaired) electrons. The second-order valence-electron chi connectivity index (χ2n) is 5.09. The van der Waals surface area contributed by atoms with Crippen LogP contribution in [0.15, 0.2) is 6.33 Å². The van der Waals surface area contributed by atoms with E-state index >= 15 is 0 Å². The molecule has 2 rings (SSSR count). The molecule has 94 valence electrons. The van der Waals surface area contributed by atoms with E-state index in [1.807, 2.05) is 4.68 Å². The van der Waals surface area contributed by atoms with Crippen molar-refractivity contribution in [3.8, 4) is 0 Å². The van der Waals surface area contributed by atoms with Crippen LogP contribution < -0.4 is 5.32 Å². The van der Waals surface area contributed by atoms with E-state index in [9.17, 15) is 4.79 Å². The highest BCUT2D eigenvalue weighted by Gasteiger charge is 2.24. The maximum absolute atomic E-state index is 11.7. The average Bonchev–Trinajstić information content (AvgIpc) is 2.68. The van der Waals surface area contributed by atoms with Crippen molar-refractivity contribution in [2.45, 2.75) is 39.7 Å². The second kappa shape index (κ2) is 5.29. The van der Waals surface area contributed by atoms with E-state index < -0.39 is 0 Å². The third-order valence-corrected chi connectivity index (χ3v) is 3.06. The number of nitrogens with zero attached hydrogens (tertiary/aromatic N) is 3. The number of rotatable bonds is 4. The fourth-order valence-electron chi connectivity index (χ4n) is 2.20. The van der Waals surface area contributed by atoms with E-state index in [4.69, 9.17) is 0 Å². The van der Waals surface area contributed by atoms with Gasteiger partial charge in [0.05, 0.1) is 0 Å². The average molecular weight is 236 g/mol. The zero-order valence-corrected chi connectivity index (χ0v) is 10.5. The van der Waals surface area contributed by atoms with Gasteiger partial charge in [-0.1, -0.05) is 13.8 Å². The largest absolute Gasteiger partial charge is 0.356 e. The molecule has 5 heteroatoms. The number of carbonyl (C=O) groups excluding carboxylic acids is 1. The number of aromatic nitrogens is 3. The highest BCUT2D eigenvalue weighted by Crippen LogP contribution is 2.16. The van der Waals surface area contributed by atoms with Crippen molar-refractivity contribution in [2.24, 2.45) is 11.8 Å². The molecule has 0 aromatic carbocycles. The minimum absolute atomic E-state index is 0.0684. The highest BCUT2D eigenvalue weighted by molar-refractivity contribution is 5.79. The molecule has 0 saturated carbocycles. The Morgan fingerprint density at radius 3 is 3.12 bits per heavy atom. The lowest BCUT2D eigenvalue weighted by molar-refractivity contribution is -0.126. The van der Waals surface area contributed by atoms with Crippen molar-refractivity contribution in [1.29, 1.82) is 0 Å². The predicted octanol–water partition coefficient (Wildman–Crippen LogP) is 1.00. The van der Waals surface area contributed by atoms with Crippen LogP contribution in [0.1, 0.15) is 32.5 Å². The van der Waals surface area contributed by atoms with Crippen LogP contribution in [0, 0.1) is 11.8 Å². The molecule has 1 atom stereocenters. The zero-order chi connectivity index (χ0) is 12.3. The normalized spacial score (nSPS) is 20.6. The number of nitrogens with one attached hydrogen (secondary N) is 1. The van der Waals surface area contributed by atoms with Gasteiger partial charge in [-0.2, -0.15) is 5.10 Å². The first-order valence-corrected chi connectivity index (χ1v) is 6.31. The Morgan fingerprint density at radius 1 is 1.59 bits per heavy atom. The summed E-state index contributed by atoms with van der Waals surface area (Å²) in [5.41, 5.74) is 0. The van der Waals surface area contributed by atoms with Crippen LogP contribution in [0.3, 0.4) is 0 Å². The molecule has 0 spiro atoms. The number of hydrogen-bond acceptors (Lipinski definition) is 3. The van der Waals surface area contributed by atoms with Gasteiger partial charge in [0.2, 0.25) is 5.91 Å². The van der Waals surface area contributed by atoms with E-state index in [1.165, 1.54) is 0 Å². The minimum Gasteiger partial charge on any atom is -0.356 e. The van der Waals surface area contributed by atoms with Crippen LogP contribution >= 0.6 is 0 Å². The van der Waals surface area contributed by atoms with E-state index in [1.54, 1.807) is 6.33 Å². The third kappa shape index (κ3) is 3.05. The molecule has 1 amide bonds. The maximum Gasteiger partial charge on any atom is 0.223 e. The van der Waals surface area contributed by atoms with Gasteiger partial charge in [0, 0.05) is 25.4 Å². The molecule has 1 aliphatic heterocycles. The summed E-state index contributed by atoms with van der Waals surface area (Å²) in [6.45, 7) is 5.98. The Hall–Kier alpha value is -1.39. The van der Waals surface area contributed by atoms with Crippen LogP contribution in [0.2, 0.25) is 0 Å². The van der Waals surface area contributed by atoms with E-state index in [0.29, 0.717) is 12.3 Å². The molecule has 1 N–H and O–H groups in total. The maximum atomic E-state index is 11.7. The summed E-state index contributed by atoms with van der Waals surface area (Å²) in [6, 6.07) is 0. The standard InChI is InChI=1S/C12H20N4O/c1-9(2)7-16-11(14-8-15-16)6-10-4-3-5-13-12(10)17/h8-10H,3-7H2,1-2H3,(H,13,17). The summed E-state index contributed by atoms with van der Waals surface area (Å²) in [6.07, 6.45) is 4.31. The highest BCUT2D eigenvalue weighted by atomic mass is 16.1. The molecule has 1 aromatic heterocycles. The van der Waals surface area contributed by atoms with E-state index in [-0.39, 0.29) is 11.8 Å². The number of amides is 1. The number of hydrogen-bond donors (Lipinski definition) is 1. The molecule has 0 bridgehead atoms. The lowest BCUT2D eigenvalue weighted by Crippen LogP contribution is -2.37. The predicted molar refractivity (Wildman–Crippen MR) is 64.3 cm³/mol. The van der Waals surface area contributed by atoms with Gasteiger partial charge in [0.15, 0.2) is 0 Å². The van der Waals surface area contributed by atoms with Crippen LogP contribution in [0.4, 0.5) is 0 Å². The molecule has 17 heavy (non-hydrogen) atoms. The van der Waals surface area contributed by atoms with Gasteiger partial charge in [-0.25, -0.2) is 9.67 Å². The Balaban J connectivity index is 2.02. The van der Waals surface area contributed by atoms with Gasteiger partial charge in [0.25, 0.3) is 0 Å². The van der Waals surface area contributed by atoms with Crippen LogP contribution in [-0.4, -0.2) is 27.2 Å². The quantitative estimate of drug-likeness (QED) is 0.848. The molecule has 5 nitrogen and oxygen atoms in total. The summed E-state index contributed by atoms with van der Waals surface area (Å²) in [7, 11) is 0. The SMILES string of the molecule is CC(C)Cn1ncnc1CC1CCCNC1=O. The van der Waals surface area contributed by atoms with Gasteiger partial charge in [-0.05, 0) is 18.8 Å². The zero-order valence-electron chi connectivity index (χ0n) is 10.5. The fourth-order valence-corrected chi connectivity index (χ4v) is 2.20. The van der Waals surface area contributed by atoms with Crippen molar-refractivity contribution >= 4 is 5.91 Å². The molecule has 1 fully saturated rings. The van der Waals surface area contributed by atoms with Crippen molar-refractivity contribution in [2.75, 3.05) is 6.54 Å². The second-order valence-corrected chi connectivity index (χ2v) is 5.09. The van der Waals surface area contributed by atoms with Gasteiger partial charge in [-0.15, -0.1) is 0 Å². The van der Waals surface area contributed by atoms with Crippen LogP contribution in [0.25, 0.3) is 0 Å². The molecule has 1 aromatic rings. The summed E-state index contributed by atoms with van der Waals surface area (Å²) >= 11 is 0. The smallest absolute Gasteiger partial charge is 0.223 e. The monoisotopic (exact) mass is 236 g/mol. The lowest BCUT2D eigenvalue weighted by Gasteiger charge is -2.21. The molecule has 2 heterocycles. The first-order valence-electron chi connectivity index (χ1n) is 6.31. The lowest BCUT2D eigenvalue weighted by atomic mass is 9.95. The summed E-state index contributed by atoms with van der Waals surface area (Å²) < 4.78 is 1.92. The van der Waals surface area contributed by atoms with Gasteiger partial charge >= 0.3 is 0 Å². The van der Waals surface area contributed by atoms with Crippen LogP contribution in [0.5, 0.6) is 0 Å². The Morgan fingerprint density at radius 2 is 2.41 bits per heavy atom. The summed E-state index contributed by atoms with van der Waals surface area (Å²) in [5.74, 6) is 1.70. The molecule has 1 saturated heterocycles. The minimum atomic E-state index is 0.0684. The van der Waals surface area contributed by atoms with Crippen LogP contribution in [-0.2, 0) is 17.8 Å². The summed E-state index contributed by atoms with van der Waals surface area (Å²) in [4.78, 5) is 16.0. The van der Waals surface area contributed by atoms with Crippen molar-refractivity contribution in [1.82, 2.24) is 20.1 Å². The molecule has 0 aliphatic carbocycles. The Kier molecular flexibility index (Phi) is 3.76. The molecule has 1 unspecified atom stereocenters. The third-order valence-electron chi connectivity index (χ3n) is 3.06. The Labute approximate surface area is 102 Å². The van der Waals surface area contributed by atoms with Gasteiger partial charge in [0.1, 0.15) is 12.2 Å². The van der Waals surface area contributed by atoms with E-state index in [2.05, 4.69) is 29.2 Å². The van der Waals surface area contributed by atoms with Gasteiger partial charge < -0.3 is 5.32 Å². The topological polar surface area (TPSA) is 59.8 Å². The van der Waals surface area contributed by atoms with Crippen molar-refractivity contribution in [3.63, 3.8) is 0 Å². The molecule has 1 aliphatic rings. The van der Waals surface area contributed by atoms with E-state index in [0.717, 1.165) is 31.8 Å².